The molecule has 5 heteroatoms. The molecule has 0 spiro atoms. The molecule has 2 nitrogen and oxygen atoms in total. The lowest BCUT2D eigenvalue weighted by atomic mass is 10.1. The Bertz CT molecular complexity index is 456. The van der Waals surface area contributed by atoms with Crippen molar-refractivity contribution in [1.29, 1.82) is 0 Å². The summed E-state index contributed by atoms with van der Waals surface area (Å²) in [6.45, 7) is 0. The van der Waals surface area contributed by atoms with Crippen LogP contribution in [-0.2, 0) is 0 Å². The first-order valence-electron chi connectivity index (χ1n) is 3.74. The van der Waals surface area contributed by atoms with Gasteiger partial charge in [0.15, 0.2) is 11.6 Å². The maximum atomic E-state index is 13.0. The Morgan fingerprint density at radius 2 is 2.00 bits per heavy atom. The fraction of sp³-hybridized carbons (Fsp3) is 0. The molecule has 72 valence electrons. The summed E-state index contributed by atoms with van der Waals surface area (Å²) in [5.74, 6) is -2.06. The van der Waals surface area contributed by atoms with Gasteiger partial charge in [0.1, 0.15) is 12.0 Å². The summed E-state index contributed by atoms with van der Waals surface area (Å²) in [4.78, 5) is 0. The second-order valence-electron chi connectivity index (χ2n) is 2.61. The first-order valence-corrected chi connectivity index (χ1v) is 4.12. The second-order valence-corrected chi connectivity index (χ2v) is 2.99. The van der Waals surface area contributed by atoms with Crippen LogP contribution in [-0.4, -0.2) is 5.16 Å². The van der Waals surface area contributed by atoms with Crippen molar-refractivity contribution in [3.63, 3.8) is 0 Å². The highest BCUT2D eigenvalue weighted by molar-refractivity contribution is 6.33. The van der Waals surface area contributed by atoms with Crippen LogP contribution in [0.5, 0.6) is 0 Å². The molecule has 0 fully saturated rings. The molecular formula is C9H4ClF2NO. The minimum absolute atomic E-state index is 0.293. The molecule has 2 aromatic rings. The lowest BCUT2D eigenvalue weighted by Gasteiger charge is -2.01. The Hall–Kier alpha value is -1.42. The highest BCUT2D eigenvalue weighted by Gasteiger charge is 2.14. The molecule has 14 heavy (non-hydrogen) atoms. The zero-order valence-electron chi connectivity index (χ0n) is 6.80. The Morgan fingerprint density at radius 3 is 2.64 bits per heavy atom. The third-order valence-electron chi connectivity index (χ3n) is 1.75. The van der Waals surface area contributed by atoms with Gasteiger partial charge in [-0.25, -0.2) is 8.78 Å². The number of hydrogen-bond acceptors (Lipinski definition) is 2. The molecular weight excluding hydrogens is 212 g/mol. The van der Waals surface area contributed by atoms with Crippen LogP contribution in [0.2, 0.25) is 5.02 Å². The van der Waals surface area contributed by atoms with Crippen LogP contribution in [0.3, 0.4) is 0 Å². The lowest BCUT2D eigenvalue weighted by Crippen LogP contribution is -1.88. The van der Waals surface area contributed by atoms with E-state index in [-0.39, 0.29) is 5.02 Å². The second kappa shape index (κ2) is 3.38. The first-order chi connectivity index (χ1) is 6.70. The molecule has 0 aliphatic carbocycles. The van der Waals surface area contributed by atoms with Crippen molar-refractivity contribution in [3.05, 3.63) is 41.1 Å². The van der Waals surface area contributed by atoms with E-state index in [4.69, 9.17) is 11.6 Å². The number of hydrogen-bond donors (Lipinski definition) is 0. The van der Waals surface area contributed by atoms with Crippen molar-refractivity contribution >= 4 is 11.6 Å². The molecule has 0 aliphatic rings. The number of aromatic nitrogens is 1. The molecule has 0 saturated heterocycles. The van der Waals surface area contributed by atoms with E-state index in [0.717, 1.165) is 6.07 Å². The summed E-state index contributed by atoms with van der Waals surface area (Å²) in [5, 5.41) is 3.28. The van der Waals surface area contributed by atoms with Gasteiger partial charge in [-0.1, -0.05) is 16.8 Å². The smallest absolute Gasteiger partial charge is 0.178 e. The molecule has 0 amide bonds. The van der Waals surface area contributed by atoms with Gasteiger partial charge in [0, 0.05) is 11.6 Å². The van der Waals surface area contributed by atoms with Gasteiger partial charge in [-0.05, 0) is 12.1 Å². The van der Waals surface area contributed by atoms with Gasteiger partial charge >= 0.3 is 0 Å². The average molecular weight is 216 g/mol. The van der Waals surface area contributed by atoms with Crippen molar-refractivity contribution in [2.75, 3.05) is 0 Å². The number of nitrogens with zero attached hydrogens (tertiary/aromatic N) is 1. The summed E-state index contributed by atoms with van der Waals surface area (Å²) in [5.41, 5.74) is 0.674. The topological polar surface area (TPSA) is 26.0 Å². The van der Waals surface area contributed by atoms with Crippen molar-refractivity contribution in [2.45, 2.75) is 0 Å². The molecule has 0 saturated carbocycles. The Kier molecular flexibility index (Phi) is 2.21. The van der Waals surface area contributed by atoms with Crippen molar-refractivity contribution in [3.8, 4) is 11.3 Å². The molecule has 0 N–H and O–H groups in total. The number of benzene rings is 1. The fourth-order valence-electron chi connectivity index (χ4n) is 1.08. The molecule has 0 radical (unpaired) electrons. The fourth-order valence-corrected chi connectivity index (χ4v) is 1.33. The monoisotopic (exact) mass is 215 g/mol. The van der Waals surface area contributed by atoms with Crippen LogP contribution < -0.4 is 0 Å². The number of rotatable bonds is 1. The summed E-state index contributed by atoms with van der Waals surface area (Å²) in [6.07, 6.45) is 1.33. The van der Waals surface area contributed by atoms with E-state index < -0.39 is 11.6 Å². The third kappa shape index (κ3) is 1.37. The molecule has 2 rings (SSSR count). The van der Waals surface area contributed by atoms with E-state index in [1.165, 1.54) is 18.4 Å². The van der Waals surface area contributed by atoms with Crippen molar-refractivity contribution < 1.29 is 13.3 Å². The average Bonchev–Trinajstić information content (AvgIpc) is 2.67. The van der Waals surface area contributed by atoms with Gasteiger partial charge in [-0.3, -0.25) is 0 Å². The molecule has 1 aromatic carbocycles. The number of halogens is 3. The SMILES string of the molecule is Fc1ccc(-c2ccon2)c(Cl)c1F. The minimum atomic E-state index is -1.08. The van der Waals surface area contributed by atoms with Crippen LogP contribution in [0.25, 0.3) is 11.3 Å². The normalized spacial score (nSPS) is 10.5. The highest BCUT2D eigenvalue weighted by atomic mass is 35.5. The van der Waals surface area contributed by atoms with Gasteiger partial charge in [-0.15, -0.1) is 0 Å². The predicted molar refractivity (Wildman–Crippen MR) is 46.9 cm³/mol. The Morgan fingerprint density at radius 1 is 1.21 bits per heavy atom. The van der Waals surface area contributed by atoms with E-state index in [9.17, 15) is 8.78 Å². The van der Waals surface area contributed by atoms with Crippen LogP contribution in [0.1, 0.15) is 0 Å². The maximum absolute atomic E-state index is 13.0. The van der Waals surface area contributed by atoms with Crippen molar-refractivity contribution in [1.82, 2.24) is 5.16 Å². The first kappa shape index (κ1) is 9.15. The molecule has 0 bridgehead atoms. The van der Waals surface area contributed by atoms with Crippen LogP contribution in [0.15, 0.2) is 29.0 Å². The van der Waals surface area contributed by atoms with Crippen molar-refractivity contribution in [2.24, 2.45) is 0 Å². The zero-order chi connectivity index (χ0) is 10.1. The van der Waals surface area contributed by atoms with Crippen LogP contribution in [0.4, 0.5) is 8.78 Å². The third-order valence-corrected chi connectivity index (χ3v) is 2.12. The zero-order valence-corrected chi connectivity index (χ0v) is 7.55. The summed E-state index contributed by atoms with van der Waals surface area (Å²) in [6, 6.07) is 3.85. The summed E-state index contributed by atoms with van der Waals surface area (Å²) < 4.78 is 30.3. The molecule has 0 aliphatic heterocycles. The van der Waals surface area contributed by atoms with E-state index in [1.807, 2.05) is 0 Å². The maximum Gasteiger partial charge on any atom is 0.178 e. The minimum Gasteiger partial charge on any atom is -0.364 e. The molecule has 0 atom stereocenters. The molecule has 1 aromatic heterocycles. The van der Waals surface area contributed by atoms with Gasteiger partial charge in [0.25, 0.3) is 0 Å². The molecule has 0 unspecified atom stereocenters. The Balaban J connectivity index is 2.61. The predicted octanol–water partition coefficient (Wildman–Crippen LogP) is 3.27. The van der Waals surface area contributed by atoms with E-state index in [0.29, 0.717) is 11.3 Å². The van der Waals surface area contributed by atoms with E-state index >= 15 is 0 Å². The van der Waals surface area contributed by atoms with Gasteiger partial charge in [0.05, 0.1) is 5.02 Å². The quantitative estimate of drug-likeness (QED) is 0.683. The van der Waals surface area contributed by atoms with Crippen LogP contribution in [0, 0.1) is 11.6 Å². The summed E-state index contributed by atoms with van der Waals surface area (Å²) in [7, 11) is 0. The Labute approximate surface area is 83.1 Å². The van der Waals surface area contributed by atoms with Gasteiger partial charge in [-0.2, -0.15) is 0 Å². The standard InChI is InChI=1S/C9H4ClF2NO/c10-8-5(7-3-4-14-13-7)1-2-6(11)9(8)12/h1-4H. The largest absolute Gasteiger partial charge is 0.364 e. The van der Waals surface area contributed by atoms with E-state index in [2.05, 4.69) is 9.68 Å². The van der Waals surface area contributed by atoms with Gasteiger partial charge < -0.3 is 4.52 Å². The van der Waals surface area contributed by atoms with E-state index in [1.54, 1.807) is 0 Å². The molecule has 1 heterocycles. The summed E-state index contributed by atoms with van der Waals surface area (Å²) >= 11 is 5.59. The highest BCUT2D eigenvalue weighted by Crippen LogP contribution is 2.29. The van der Waals surface area contributed by atoms with Crippen LogP contribution >= 0.6 is 11.6 Å². The lowest BCUT2D eigenvalue weighted by molar-refractivity contribution is 0.422. The van der Waals surface area contributed by atoms with Gasteiger partial charge in [0.2, 0.25) is 0 Å².